The Morgan fingerprint density at radius 2 is 1.00 bits per heavy atom. The van der Waals surface area contributed by atoms with Crippen molar-refractivity contribution in [2.75, 3.05) is 0 Å². The Morgan fingerprint density at radius 1 is 0.615 bits per heavy atom. The molecular formula is C20H30N2O4. The van der Waals surface area contributed by atoms with Crippen LogP contribution in [0.3, 0.4) is 0 Å². The lowest BCUT2D eigenvalue weighted by molar-refractivity contribution is -0.133. The Morgan fingerprint density at radius 3 is 1.38 bits per heavy atom. The highest BCUT2D eigenvalue weighted by Gasteiger charge is 2.36. The first-order valence-electron chi connectivity index (χ1n) is 10.2. The normalized spacial score (nSPS) is 33.4. The largest absolute Gasteiger partial charge is 0.346 e. The van der Waals surface area contributed by atoms with Crippen molar-refractivity contribution >= 4 is 23.4 Å². The van der Waals surface area contributed by atoms with Gasteiger partial charge >= 0.3 is 0 Å². The SMILES string of the molecule is O=C1CCCCC(C(=O)C2CCC(C(=O)C3CCCCC(=O)N3)CC2)N1. The van der Waals surface area contributed by atoms with Crippen molar-refractivity contribution in [2.24, 2.45) is 11.8 Å². The van der Waals surface area contributed by atoms with E-state index in [0.717, 1.165) is 38.5 Å². The van der Waals surface area contributed by atoms with Crippen LogP contribution >= 0.6 is 0 Å². The molecule has 0 radical (unpaired) electrons. The van der Waals surface area contributed by atoms with E-state index in [1.54, 1.807) is 0 Å². The summed E-state index contributed by atoms with van der Waals surface area (Å²) in [5.74, 6) is 0.155. The molecule has 0 bridgehead atoms. The minimum atomic E-state index is -0.344. The predicted molar refractivity (Wildman–Crippen MR) is 96.3 cm³/mol. The third-order valence-corrected chi connectivity index (χ3v) is 6.18. The maximum Gasteiger partial charge on any atom is 0.220 e. The number of hydrogen-bond acceptors (Lipinski definition) is 4. The van der Waals surface area contributed by atoms with Gasteiger partial charge in [0.2, 0.25) is 11.8 Å². The van der Waals surface area contributed by atoms with E-state index in [1.165, 1.54) is 0 Å². The van der Waals surface area contributed by atoms with Crippen LogP contribution in [0.4, 0.5) is 0 Å². The van der Waals surface area contributed by atoms with Gasteiger partial charge < -0.3 is 10.6 Å². The van der Waals surface area contributed by atoms with Gasteiger partial charge in [0, 0.05) is 24.7 Å². The molecule has 0 aromatic rings. The lowest BCUT2D eigenvalue weighted by Crippen LogP contribution is -2.45. The quantitative estimate of drug-likeness (QED) is 0.800. The molecule has 2 amide bonds. The molecule has 144 valence electrons. The van der Waals surface area contributed by atoms with E-state index < -0.39 is 0 Å². The van der Waals surface area contributed by atoms with E-state index in [4.69, 9.17) is 0 Å². The molecule has 0 aromatic heterocycles. The summed E-state index contributed by atoms with van der Waals surface area (Å²) in [6.45, 7) is 0. The number of carbonyl (C=O) groups excluding carboxylic acids is 4. The van der Waals surface area contributed by atoms with Crippen molar-refractivity contribution in [1.82, 2.24) is 10.6 Å². The second kappa shape index (κ2) is 8.78. The van der Waals surface area contributed by atoms with Gasteiger partial charge in [-0.25, -0.2) is 0 Å². The summed E-state index contributed by atoms with van der Waals surface area (Å²) in [7, 11) is 0. The zero-order valence-corrected chi connectivity index (χ0v) is 15.4. The Balaban J connectivity index is 1.51. The fourth-order valence-corrected chi connectivity index (χ4v) is 4.60. The molecule has 6 nitrogen and oxygen atoms in total. The van der Waals surface area contributed by atoms with Gasteiger partial charge in [-0.2, -0.15) is 0 Å². The van der Waals surface area contributed by atoms with E-state index in [9.17, 15) is 19.2 Å². The van der Waals surface area contributed by atoms with Crippen LogP contribution in [0.1, 0.15) is 77.0 Å². The number of nitrogens with one attached hydrogen (secondary N) is 2. The van der Waals surface area contributed by atoms with Gasteiger partial charge in [-0.15, -0.1) is 0 Å². The number of rotatable bonds is 4. The first kappa shape index (κ1) is 19.1. The van der Waals surface area contributed by atoms with E-state index in [2.05, 4.69) is 10.6 Å². The predicted octanol–water partition coefficient (Wildman–Crippen LogP) is 2.05. The lowest BCUT2D eigenvalue weighted by atomic mass is 9.75. The topological polar surface area (TPSA) is 92.3 Å². The van der Waals surface area contributed by atoms with Gasteiger partial charge in [0.25, 0.3) is 0 Å². The highest BCUT2D eigenvalue weighted by atomic mass is 16.2. The molecule has 1 saturated carbocycles. The van der Waals surface area contributed by atoms with Crippen molar-refractivity contribution < 1.29 is 19.2 Å². The van der Waals surface area contributed by atoms with Crippen LogP contribution in [0.15, 0.2) is 0 Å². The van der Waals surface area contributed by atoms with Crippen molar-refractivity contribution in [2.45, 2.75) is 89.1 Å². The molecule has 1 aliphatic carbocycles. The average molecular weight is 362 g/mol. The van der Waals surface area contributed by atoms with Crippen LogP contribution in [-0.4, -0.2) is 35.5 Å². The second-order valence-electron chi connectivity index (χ2n) is 8.09. The van der Waals surface area contributed by atoms with Crippen LogP contribution in [0.25, 0.3) is 0 Å². The van der Waals surface area contributed by atoms with Gasteiger partial charge in [-0.3, -0.25) is 19.2 Å². The number of hydrogen-bond donors (Lipinski definition) is 2. The standard InChI is InChI=1S/C20H30N2O4/c23-17-7-3-1-5-15(21-17)19(25)13-9-11-14(12-10-13)20(26)16-6-2-4-8-18(24)22-16/h13-16H,1-12H2,(H,21,23)(H,22,24). The fraction of sp³-hybridized carbons (Fsp3) is 0.800. The zero-order valence-electron chi connectivity index (χ0n) is 15.4. The molecule has 3 fully saturated rings. The maximum atomic E-state index is 12.8. The van der Waals surface area contributed by atoms with Gasteiger partial charge in [-0.1, -0.05) is 12.8 Å². The molecular weight excluding hydrogens is 332 g/mol. The molecule has 0 aromatic carbocycles. The molecule has 2 aliphatic heterocycles. The third-order valence-electron chi connectivity index (χ3n) is 6.18. The van der Waals surface area contributed by atoms with Gasteiger partial charge in [0.15, 0.2) is 11.6 Å². The van der Waals surface area contributed by atoms with Crippen LogP contribution in [0.2, 0.25) is 0 Å². The van der Waals surface area contributed by atoms with Crippen LogP contribution in [0.5, 0.6) is 0 Å². The number of Topliss-reactive ketones (excluding diaryl/α,β-unsaturated/α-hetero) is 2. The Labute approximate surface area is 154 Å². The fourth-order valence-electron chi connectivity index (χ4n) is 4.60. The first-order chi connectivity index (χ1) is 12.5. The Hall–Kier alpha value is -1.72. The smallest absolute Gasteiger partial charge is 0.220 e. The summed E-state index contributed by atoms with van der Waals surface area (Å²) < 4.78 is 0. The van der Waals surface area contributed by atoms with E-state index in [0.29, 0.717) is 38.5 Å². The van der Waals surface area contributed by atoms with Crippen molar-refractivity contribution in [3.8, 4) is 0 Å². The van der Waals surface area contributed by atoms with Crippen molar-refractivity contribution in [1.29, 1.82) is 0 Å². The summed E-state index contributed by atoms with van der Waals surface area (Å²) >= 11 is 0. The summed E-state index contributed by atoms with van der Waals surface area (Å²) in [6, 6.07) is -0.688. The Kier molecular flexibility index (Phi) is 6.43. The highest BCUT2D eigenvalue weighted by molar-refractivity contribution is 5.92. The summed E-state index contributed by atoms with van der Waals surface area (Å²) in [5.41, 5.74) is 0. The van der Waals surface area contributed by atoms with Crippen molar-refractivity contribution in [3.63, 3.8) is 0 Å². The summed E-state index contributed by atoms with van der Waals surface area (Å²) in [6.07, 6.45) is 8.85. The van der Waals surface area contributed by atoms with Crippen LogP contribution in [0, 0.1) is 11.8 Å². The minimum Gasteiger partial charge on any atom is -0.346 e. The van der Waals surface area contributed by atoms with Crippen molar-refractivity contribution in [3.05, 3.63) is 0 Å². The molecule has 3 rings (SSSR count). The molecule has 6 heteroatoms. The zero-order chi connectivity index (χ0) is 18.5. The number of carbonyl (C=O) groups is 4. The van der Waals surface area contributed by atoms with E-state index >= 15 is 0 Å². The summed E-state index contributed by atoms with van der Waals surface area (Å²) in [5, 5.41) is 5.74. The summed E-state index contributed by atoms with van der Waals surface area (Å²) in [4.78, 5) is 48.9. The Bertz CT molecular complexity index is 516. The van der Waals surface area contributed by atoms with Crippen LogP contribution < -0.4 is 10.6 Å². The third kappa shape index (κ3) is 4.71. The van der Waals surface area contributed by atoms with E-state index in [1.807, 2.05) is 0 Å². The second-order valence-corrected chi connectivity index (χ2v) is 8.09. The van der Waals surface area contributed by atoms with E-state index in [-0.39, 0.29) is 47.3 Å². The molecule has 26 heavy (non-hydrogen) atoms. The molecule has 3 aliphatic rings. The number of ketones is 2. The maximum absolute atomic E-state index is 12.8. The molecule has 2 atom stereocenters. The van der Waals surface area contributed by atoms with Crippen LogP contribution in [-0.2, 0) is 19.2 Å². The molecule has 2 saturated heterocycles. The first-order valence-corrected chi connectivity index (χ1v) is 10.2. The van der Waals surface area contributed by atoms with Gasteiger partial charge in [0.1, 0.15) is 0 Å². The molecule has 2 N–H and O–H groups in total. The van der Waals surface area contributed by atoms with Gasteiger partial charge in [0.05, 0.1) is 12.1 Å². The minimum absolute atomic E-state index is 0.0196. The molecule has 2 heterocycles. The highest BCUT2D eigenvalue weighted by Crippen LogP contribution is 2.32. The molecule has 0 spiro atoms. The lowest BCUT2D eigenvalue weighted by Gasteiger charge is -2.31. The van der Waals surface area contributed by atoms with Gasteiger partial charge in [-0.05, 0) is 51.4 Å². The monoisotopic (exact) mass is 362 g/mol. The number of amides is 2. The molecule has 2 unspecified atom stereocenters. The average Bonchev–Trinajstić information content (AvgIpc) is 3.00.